The summed E-state index contributed by atoms with van der Waals surface area (Å²) in [6.45, 7) is 3.62. The molecule has 0 spiro atoms. The second-order valence-corrected chi connectivity index (χ2v) is 7.87. The zero-order chi connectivity index (χ0) is 20.5. The number of carbonyl (C=O) groups is 1. The lowest BCUT2D eigenvalue weighted by molar-refractivity contribution is 0.0947. The molecule has 1 amide bonds. The second kappa shape index (κ2) is 7.88. The summed E-state index contributed by atoms with van der Waals surface area (Å²) < 4.78 is 1.47. The van der Waals surface area contributed by atoms with Gasteiger partial charge in [0.1, 0.15) is 0 Å². The highest BCUT2D eigenvalue weighted by Gasteiger charge is 2.16. The molecule has 1 saturated heterocycles. The molecule has 0 aliphatic carbocycles. The molecule has 30 heavy (non-hydrogen) atoms. The van der Waals surface area contributed by atoms with Crippen molar-refractivity contribution in [2.24, 2.45) is 0 Å². The van der Waals surface area contributed by atoms with Crippen molar-refractivity contribution >= 4 is 33.2 Å². The van der Waals surface area contributed by atoms with Crippen molar-refractivity contribution in [1.29, 1.82) is 0 Å². The number of pyridine rings is 1. The molecule has 0 bridgehead atoms. The number of piperidine rings is 1. The first-order chi connectivity index (χ1) is 14.7. The minimum atomic E-state index is -0.198. The summed E-state index contributed by atoms with van der Waals surface area (Å²) in [5, 5.41) is 5.49. The molecule has 1 aliphatic heterocycles. The lowest BCUT2D eigenvalue weighted by Gasteiger charge is -2.26. The Balaban J connectivity index is 1.52. The highest BCUT2D eigenvalue weighted by atomic mass is 16.2. The Morgan fingerprint density at radius 3 is 2.67 bits per heavy atom. The smallest absolute Gasteiger partial charge is 0.265 e. The van der Waals surface area contributed by atoms with Crippen molar-refractivity contribution in [2.45, 2.75) is 19.3 Å². The van der Waals surface area contributed by atoms with E-state index in [0.717, 1.165) is 30.4 Å². The normalized spacial score (nSPS) is 15.1. The standard InChI is InChI=1S/C24H24N4O2/c29-23(25-12-16-27-13-4-1-5-14-27)20-9-6-15-28-22(20)26-21-18-8-3-2-7-17(18)10-11-19(21)24(28)30/h2-3,6-11,15H,1,4-5,12-14,16H2,(H,25,29). The van der Waals surface area contributed by atoms with Gasteiger partial charge in [-0.3, -0.25) is 14.0 Å². The van der Waals surface area contributed by atoms with Gasteiger partial charge in [-0.15, -0.1) is 0 Å². The molecule has 2 aromatic heterocycles. The molecule has 6 nitrogen and oxygen atoms in total. The summed E-state index contributed by atoms with van der Waals surface area (Å²) in [5.74, 6) is -0.198. The number of nitrogens with zero attached hydrogens (tertiary/aromatic N) is 3. The third-order valence-electron chi connectivity index (χ3n) is 5.94. The Hall–Kier alpha value is -3.25. The Labute approximate surface area is 174 Å². The van der Waals surface area contributed by atoms with E-state index in [2.05, 4.69) is 10.2 Å². The average Bonchev–Trinajstić information content (AvgIpc) is 2.79. The Morgan fingerprint density at radius 1 is 0.967 bits per heavy atom. The number of nitrogens with one attached hydrogen (secondary N) is 1. The number of hydrogen-bond donors (Lipinski definition) is 1. The number of carbonyl (C=O) groups excluding carboxylic acids is 1. The Kier molecular flexibility index (Phi) is 4.93. The SMILES string of the molecule is O=C(NCCN1CCCCC1)c1cccn2c(=O)c3ccc4ccccc4c3nc12. The molecule has 0 radical (unpaired) electrons. The van der Waals surface area contributed by atoms with Crippen LogP contribution in [0.5, 0.6) is 0 Å². The quantitative estimate of drug-likeness (QED) is 0.422. The predicted molar refractivity (Wildman–Crippen MR) is 119 cm³/mol. The minimum Gasteiger partial charge on any atom is -0.351 e. The fourth-order valence-corrected chi connectivity index (χ4v) is 4.35. The number of rotatable bonds is 4. The number of benzene rings is 2. The van der Waals surface area contributed by atoms with E-state index in [1.165, 1.54) is 23.7 Å². The van der Waals surface area contributed by atoms with Gasteiger partial charge in [0.05, 0.1) is 16.5 Å². The average molecular weight is 400 g/mol. The lowest BCUT2D eigenvalue weighted by Crippen LogP contribution is -2.37. The van der Waals surface area contributed by atoms with Crippen LogP contribution < -0.4 is 10.9 Å². The fraction of sp³-hybridized carbons (Fsp3) is 0.292. The summed E-state index contributed by atoms with van der Waals surface area (Å²) in [4.78, 5) is 33.2. The van der Waals surface area contributed by atoms with Crippen LogP contribution >= 0.6 is 0 Å². The van der Waals surface area contributed by atoms with Crippen molar-refractivity contribution in [3.63, 3.8) is 0 Å². The Morgan fingerprint density at radius 2 is 1.80 bits per heavy atom. The predicted octanol–water partition coefficient (Wildman–Crippen LogP) is 3.22. The van der Waals surface area contributed by atoms with Crippen molar-refractivity contribution < 1.29 is 4.79 Å². The molecule has 1 fully saturated rings. The van der Waals surface area contributed by atoms with Gasteiger partial charge in [0.15, 0.2) is 5.65 Å². The number of aromatic nitrogens is 2. The fourth-order valence-electron chi connectivity index (χ4n) is 4.35. The van der Waals surface area contributed by atoms with Gasteiger partial charge < -0.3 is 10.2 Å². The molecule has 1 N–H and O–H groups in total. The van der Waals surface area contributed by atoms with Crippen molar-refractivity contribution in [2.75, 3.05) is 26.2 Å². The van der Waals surface area contributed by atoms with Gasteiger partial charge in [0.25, 0.3) is 11.5 Å². The van der Waals surface area contributed by atoms with E-state index >= 15 is 0 Å². The van der Waals surface area contributed by atoms with Gasteiger partial charge in [0.2, 0.25) is 0 Å². The third kappa shape index (κ3) is 3.33. The van der Waals surface area contributed by atoms with Gasteiger partial charge in [0, 0.05) is 24.7 Å². The topological polar surface area (TPSA) is 66.7 Å². The molecule has 5 rings (SSSR count). The summed E-state index contributed by atoms with van der Waals surface area (Å²) in [5.41, 5.74) is 1.28. The van der Waals surface area contributed by atoms with Crippen LogP contribution in [-0.4, -0.2) is 46.4 Å². The molecule has 4 aromatic rings. The summed E-state index contributed by atoms with van der Waals surface area (Å²) in [6, 6.07) is 15.1. The maximum absolute atomic E-state index is 13.1. The monoisotopic (exact) mass is 400 g/mol. The number of hydrogen-bond acceptors (Lipinski definition) is 4. The number of amides is 1. The summed E-state index contributed by atoms with van der Waals surface area (Å²) in [7, 11) is 0. The molecular formula is C24H24N4O2. The molecule has 6 heteroatoms. The van der Waals surface area contributed by atoms with E-state index in [1.54, 1.807) is 18.3 Å². The van der Waals surface area contributed by atoms with Gasteiger partial charge in [-0.25, -0.2) is 4.98 Å². The molecule has 152 valence electrons. The van der Waals surface area contributed by atoms with E-state index in [1.807, 2.05) is 36.4 Å². The Bertz CT molecular complexity index is 1310. The van der Waals surface area contributed by atoms with Crippen molar-refractivity contribution in [3.8, 4) is 0 Å². The van der Waals surface area contributed by atoms with Crippen molar-refractivity contribution in [3.05, 3.63) is 70.6 Å². The van der Waals surface area contributed by atoms with Crippen LogP contribution in [0.1, 0.15) is 29.6 Å². The van der Waals surface area contributed by atoms with Crippen LogP contribution in [0.25, 0.3) is 27.3 Å². The molecule has 2 aromatic carbocycles. The van der Waals surface area contributed by atoms with Gasteiger partial charge >= 0.3 is 0 Å². The molecule has 0 unspecified atom stereocenters. The highest BCUT2D eigenvalue weighted by Crippen LogP contribution is 2.23. The maximum Gasteiger partial charge on any atom is 0.265 e. The first-order valence-corrected chi connectivity index (χ1v) is 10.6. The van der Waals surface area contributed by atoms with E-state index in [4.69, 9.17) is 4.98 Å². The van der Waals surface area contributed by atoms with E-state index in [0.29, 0.717) is 28.7 Å². The zero-order valence-corrected chi connectivity index (χ0v) is 16.8. The van der Waals surface area contributed by atoms with Crippen LogP contribution in [0.3, 0.4) is 0 Å². The van der Waals surface area contributed by atoms with Crippen LogP contribution in [0, 0.1) is 0 Å². The largest absolute Gasteiger partial charge is 0.351 e. The minimum absolute atomic E-state index is 0.163. The molecular weight excluding hydrogens is 376 g/mol. The van der Waals surface area contributed by atoms with Crippen LogP contribution in [0.15, 0.2) is 59.5 Å². The number of likely N-dealkylation sites (tertiary alicyclic amines) is 1. The third-order valence-corrected chi connectivity index (χ3v) is 5.94. The highest BCUT2D eigenvalue weighted by molar-refractivity contribution is 6.07. The zero-order valence-electron chi connectivity index (χ0n) is 16.8. The second-order valence-electron chi connectivity index (χ2n) is 7.87. The summed E-state index contributed by atoms with van der Waals surface area (Å²) >= 11 is 0. The first-order valence-electron chi connectivity index (χ1n) is 10.6. The molecule has 0 atom stereocenters. The molecule has 3 heterocycles. The van der Waals surface area contributed by atoms with E-state index in [-0.39, 0.29) is 11.5 Å². The van der Waals surface area contributed by atoms with Crippen molar-refractivity contribution in [1.82, 2.24) is 19.6 Å². The molecule has 0 saturated carbocycles. The maximum atomic E-state index is 13.1. The first kappa shape index (κ1) is 18.8. The number of fused-ring (bicyclic) bond motifs is 4. The van der Waals surface area contributed by atoms with Gasteiger partial charge in [-0.05, 0) is 49.5 Å². The van der Waals surface area contributed by atoms with Gasteiger partial charge in [-0.2, -0.15) is 0 Å². The van der Waals surface area contributed by atoms with E-state index < -0.39 is 0 Å². The van der Waals surface area contributed by atoms with Crippen LogP contribution in [0.4, 0.5) is 0 Å². The lowest BCUT2D eigenvalue weighted by atomic mass is 10.1. The molecule has 1 aliphatic rings. The van der Waals surface area contributed by atoms with Crippen LogP contribution in [-0.2, 0) is 0 Å². The van der Waals surface area contributed by atoms with E-state index in [9.17, 15) is 9.59 Å². The summed E-state index contributed by atoms with van der Waals surface area (Å²) in [6.07, 6.45) is 5.42. The van der Waals surface area contributed by atoms with Gasteiger partial charge in [-0.1, -0.05) is 36.8 Å². The van der Waals surface area contributed by atoms with Crippen LogP contribution in [0.2, 0.25) is 0 Å².